The van der Waals surface area contributed by atoms with E-state index < -0.39 is 0 Å². The van der Waals surface area contributed by atoms with Crippen LogP contribution < -0.4 is 10.6 Å². The van der Waals surface area contributed by atoms with Crippen LogP contribution >= 0.6 is 0 Å². The van der Waals surface area contributed by atoms with Crippen molar-refractivity contribution in [3.63, 3.8) is 0 Å². The molecule has 0 aromatic carbocycles. The van der Waals surface area contributed by atoms with Gasteiger partial charge in [0.05, 0.1) is 6.20 Å². The molecule has 1 heterocycles. The van der Waals surface area contributed by atoms with Crippen molar-refractivity contribution in [1.82, 2.24) is 20.4 Å². The first-order valence-electron chi connectivity index (χ1n) is 8.96. The van der Waals surface area contributed by atoms with Gasteiger partial charge in [-0.25, -0.2) is 0 Å². The highest BCUT2D eigenvalue weighted by atomic mass is 15.2. The molecule has 5 nitrogen and oxygen atoms in total. The third-order valence-corrected chi connectivity index (χ3v) is 3.93. The molecule has 0 aliphatic heterocycles. The van der Waals surface area contributed by atoms with E-state index in [9.17, 15) is 0 Å². The van der Waals surface area contributed by atoms with Gasteiger partial charge in [-0.2, -0.15) is 5.10 Å². The molecule has 0 amide bonds. The highest BCUT2D eigenvalue weighted by molar-refractivity contribution is 5.79. The van der Waals surface area contributed by atoms with Crippen molar-refractivity contribution >= 4 is 5.96 Å². The predicted molar refractivity (Wildman–Crippen MR) is 98.8 cm³/mol. The SMILES string of the molecule is CCCCCC(C)(C)CN=C(NCC)NCCc1cnn(C)c1. The summed E-state index contributed by atoms with van der Waals surface area (Å²) < 4.78 is 1.84. The molecule has 0 fully saturated rings. The van der Waals surface area contributed by atoms with Gasteiger partial charge in [-0.05, 0) is 30.7 Å². The van der Waals surface area contributed by atoms with Gasteiger partial charge >= 0.3 is 0 Å². The molecule has 2 N–H and O–H groups in total. The van der Waals surface area contributed by atoms with Crippen molar-refractivity contribution in [2.24, 2.45) is 17.5 Å². The Morgan fingerprint density at radius 1 is 1.26 bits per heavy atom. The van der Waals surface area contributed by atoms with Crippen molar-refractivity contribution in [3.05, 3.63) is 18.0 Å². The van der Waals surface area contributed by atoms with Gasteiger partial charge in [-0.1, -0.05) is 40.0 Å². The fourth-order valence-electron chi connectivity index (χ4n) is 2.49. The number of aliphatic imine (C=N–C) groups is 1. The molecule has 132 valence electrons. The third-order valence-electron chi connectivity index (χ3n) is 3.93. The zero-order chi connectivity index (χ0) is 17.1. The summed E-state index contributed by atoms with van der Waals surface area (Å²) in [6.07, 6.45) is 10.1. The van der Waals surface area contributed by atoms with Gasteiger partial charge < -0.3 is 10.6 Å². The first-order valence-corrected chi connectivity index (χ1v) is 8.96. The number of aromatic nitrogens is 2. The molecule has 0 spiro atoms. The monoisotopic (exact) mass is 321 g/mol. The topological polar surface area (TPSA) is 54.2 Å². The average Bonchev–Trinajstić information content (AvgIpc) is 2.90. The van der Waals surface area contributed by atoms with E-state index in [-0.39, 0.29) is 5.41 Å². The molecule has 0 saturated heterocycles. The van der Waals surface area contributed by atoms with E-state index >= 15 is 0 Å². The molecule has 0 aliphatic carbocycles. The van der Waals surface area contributed by atoms with E-state index in [1.54, 1.807) is 0 Å². The molecule has 0 aliphatic rings. The highest BCUT2D eigenvalue weighted by Gasteiger charge is 2.17. The number of aryl methyl sites for hydroxylation is 1. The average molecular weight is 322 g/mol. The Labute approximate surface area is 142 Å². The maximum absolute atomic E-state index is 4.77. The summed E-state index contributed by atoms with van der Waals surface area (Å²) in [5, 5.41) is 10.9. The lowest BCUT2D eigenvalue weighted by Gasteiger charge is -2.23. The normalized spacial score (nSPS) is 12.5. The Balaban J connectivity index is 2.42. The Kier molecular flexibility index (Phi) is 8.74. The van der Waals surface area contributed by atoms with E-state index in [0.29, 0.717) is 0 Å². The maximum Gasteiger partial charge on any atom is 0.191 e. The fraction of sp³-hybridized carbons (Fsp3) is 0.778. The second-order valence-corrected chi connectivity index (χ2v) is 7.02. The quantitative estimate of drug-likeness (QED) is 0.395. The lowest BCUT2D eigenvalue weighted by molar-refractivity contribution is 0.332. The van der Waals surface area contributed by atoms with Gasteiger partial charge in [0.25, 0.3) is 0 Å². The van der Waals surface area contributed by atoms with Crippen molar-refractivity contribution in [3.8, 4) is 0 Å². The first kappa shape index (κ1) is 19.5. The molecule has 1 rings (SSSR count). The van der Waals surface area contributed by atoms with Crippen LogP contribution in [0.3, 0.4) is 0 Å². The van der Waals surface area contributed by atoms with Crippen LogP contribution in [0.15, 0.2) is 17.4 Å². The van der Waals surface area contributed by atoms with Gasteiger partial charge in [0.2, 0.25) is 0 Å². The molecule has 0 saturated carbocycles. The number of nitrogens with zero attached hydrogens (tertiary/aromatic N) is 3. The van der Waals surface area contributed by atoms with Crippen LogP contribution in [0.5, 0.6) is 0 Å². The summed E-state index contributed by atoms with van der Waals surface area (Å²) in [4.78, 5) is 4.77. The van der Waals surface area contributed by atoms with E-state index in [4.69, 9.17) is 4.99 Å². The Bertz CT molecular complexity index is 462. The molecule has 0 radical (unpaired) electrons. The Morgan fingerprint density at radius 2 is 2.04 bits per heavy atom. The van der Waals surface area contributed by atoms with Crippen LogP contribution in [0.1, 0.15) is 58.9 Å². The van der Waals surface area contributed by atoms with Gasteiger partial charge in [-0.15, -0.1) is 0 Å². The van der Waals surface area contributed by atoms with E-state index in [1.807, 2.05) is 17.9 Å². The minimum Gasteiger partial charge on any atom is -0.357 e. The molecule has 1 aromatic rings. The summed E-state index contributed by atoms with van der Waals surface area (Å²) in [6.45, 7) is 11.6. The van der Waals surface area contributed by atoms with E-state index in [2.05, 4.69) is 49.6 Å². The molecular formula is C18H35N5. The molecule has 0 unspecified atom stereocenters. The number of unbranched alkanes of at least 4 members (excludes halogenated alkanes) is 2. The van der Waals surface area contributed by atoms with Crippen LogP contribution in [0.25, 0.3) is 0 Å². The zero-order valence-corrected chi connectivity index (χ0v) is 15.7. The highest BCUT2D eigenvalue weighted by Crippen LogP contribution is 2.23. The van der Waals surface area contributed by atoms with Gasteiger partial charge in [0, 0.05) is 32.9 Å². The number of hydrogen-bond acceptors (Lipinski definition) is 2. The summed E-state index contributed by atoms with van der Waals surface area (Å²) in [5.74, 6) is 0.917. The number of hydrogen-bond donors (Lipinski definition) is 2. The van der Waals surface area contributed by atoms with Crippen LogP contribution in [0.2, 0.25) is 0 Å². The Morgan fingerprint density at radius 3 is 2.65 bits per heavy atom. The number of rotatable bonds is 10. The lowest BCUT2D eigenvalue weighted by atomic mass is 9.87. The second-order valence-electron chi connectivity index (χ2n) is 7.02. The zero-order valence-electron chi connectivity index (χ0n) is 15.7. The van der Waals surface area contributed by atoms with Crippen molar-refractivity contribution < 1.29 is 0 Å². The van der Waals surface area contributed by atoms with Crippen molar-refractivity contribution in [2.75, 3.05) is 19.6 Å². The summed E-state index contributed by atoms with van der Waals surface area (Å²) in [5.41, 5.74) is 1.51. The molecule has 0 bridgehead atoms. The largest absolute Gasteiger partial charge is 0.357 e. The first-order chi connectivity index (χ1) is 11.0. The standard InChI is InChI=1S/C18H35N5/c1-6-8-9-11-18(3,4)15-21-17(19-7-2)20-12-10-16-13-22-23(5)14-16/h13-14H,6-12,15H2,1-5H3,(H2,19,20,21). The van der Waals surface area contributed by atoms with Gasteiger partial charge in [0.1, 0.15) is 0 Å². The lowest BCUT2D eigenvalue weighted by Crippen LogP contribution is -2.39. The third kappa shape index (κ3) is 8.62. The fourth-order valence-corrected chi connectivity index (χ4v) is 2.49. The minimum absolute atomic E-state index is 0.265. The summed E-state index contributed by atoms with van der Waals surface area (Å²) >= 11 is 0. The van der Waals surface area contributed by atoms with Crippen molar-refractivity contribution in [2.45, 2.75) is 59.8 Å². The summed E-state index contributed by atoms with van der Waals surface area (Å²) in [7, 11) is 1.95. The van der Waals surface area contributed by atoms with Gasteiger partial charge in [-0.3, -0.25) is 9.67 Å². The van der Waals surface area contributed by atoms with Crippen LogP contribution in [0.4, 0.5) is 0 Å². The van der Waals surface area contributed by atoms with Crippen LogP contribution in [0, 0.1) is 5.41 Å². The van der Waals surface area contributed by atoms with Crippen molar-refractivity contribution in [1.29, 1.82) is 0 Å². The van der Waals surface area contributed by atoms with E-state index in [0.717, 1.165) is 32.0 Å². The van der Waals surface area contributed by atoms with Crippen LogP contribution in [-0.2, 0) is 13.5 Å². The number of nitrogens with one attached hydrogen (secondary N) is 2. The smallest absolute Gasteiger partial charge is 0.191 e. The van der Waals surface area contributed by atoms with Gasteiger partial charge in [0.15, 0.2) is 5.96 Å². The number of guanidine groups is 1. The predicted octanol–water partition coefficient (Wildman–Crippen LogP) is 3.12. The minimum atomic E-state index is 0.265. The van der Waals surface area contributed by atoms with Crippen LogP contribution in [-0.4, -0.2) is 35.4 Å². The van der Waals surface area contributed by atoms with E-state index in [1.165, 1.54) is 31.2 Å². The maximum atomic E-state index is 4.77. The molecule has 5 heteroatoms. The molecule has 0 atom stereocenters. The second kappa shape index (κ2) is 10.3. The Hall–Kier alpha value is -1.52. The molecule has 1 aromatic heterocycles. The molecular weight excluding hydrogens is 286 g/mol. The summed E-state index contributed by atoms with van der Waals surface area (Å²) in [6, 6.07) is 0. The molecule has 23 heavy (non-hydrogen) atoms.